The number of nitrogens with zero attached hydrogens (tertiary/aromatic N) is 4. The third-order valence-electron chi connectivity index (χ3n) is 3.90. The number of rotatable bonds is 6. The van der Waals surface area contributed by atoms with Crippen molar-refractivity contribution in [2.24, 2.45) is 0 Å². The number of hydrogen-bond acceptors (Lipinski definition) is 5. The van der Waals surface area contributed by atoms with Crippen LogP contribution in [0.25, 0.3) is 0 Å². The van der Waals surface area contributed by atoms with E-state index in [-0.39, 0.29) is 5.91 Å². The van der Waals surface area contributed by atoms with Crippen LogP contribution < -0.4 is 10.2 Å². The van der Waals surface area contributed by atoms with Crippen LogP contribution in [-0.2, 0) is 6.54 Å². The van der Waals surface area contributed by atoms with E-state index in [4.69, 9.17) is 0 Å². The molecule has 0 aliphatic carbocycles. The minimum absolute atomic E-state index is 0.250. The van der Waals surface area contributed by atoms with Crippen molar-refractivity contribution < 1.29 is 4.79 Å². The van der Waals surface area contributed by atoms with E-state index in [9.17, 15) is 4.79 Å². The van der Waals surface area contributed by atoms with E-state index in [1.165, 1.54) is 0 Å². The predicted octanol–water partition coefficient (Wildman–Crippen LogP) is 3.27. The van der Waals surface area contributed by atoms with Gasteiger partial charge in [0.2, 0.25) is 5.95 Å². The lowest BCUT2D eigenvalue weighted by Gasteiger charge is -2.21. The first-order chi connectivity index (χ1) is 12.7. The van der Waals surface area contributed by atoms with Crippen LogP contribution in [0.5, 0.6) is 0 Å². The molecule has 0 fully saturated rings. The van der Waals surface area contributed by atoms with Crippen LogP contribution in [-0.4, -0.2) is 27.4 Å². The summed E-state index contributed by atoms with van der Waals surface area (Å²) in [5, 5.41) is 2.84. The van der Waals surface area contributed by atoms with Gasteiger partial charge in [0.05, 0.1) is 12.2 Å². The maximum atomic E-state index is 12.4. The summed E-state index contributed by atoms with van der Waals surface area (Å²) < 4.78 is 0. The molecular weight excluding hydrogens is 326 g/mol. The highest BCUT2D eigenvalue weighted by molar-refractivity contribution is 5.92. The molecule has 2 aromatic heterocycles. The van der Waals surface area contributed by atoms with Gasteiger partial charge in [-0.15, -0.1) is 0 Å². The Labute approximate surface area is 153 Å². The summed E-state index contributed by atoms with van der Waals surface area (Å²) >= 11 is 0. The molecule has 2 heterocycles. The Morgan fingerprint density at radius 3 is 2.69 bits per heavy atom. The fraction of sp³-hybridized carbons (Fsp3) is 0.200. The lowest BCUT2D eigenvalue weighted by atomic mass is 10.2. The van der Waals surface area contributed by atoms with Gasteiger partial charge in [-0.05, 0) is 49.7 Å². The normalized spacial score (nSPS) is 10.4. The Kier molecular flexibility index (Phi) is 5.53. The van der Waals surface area contributed by atoms with Gasteiger partial charge in [-0.3, -0.25) is 9.78 Å². The molecule has 0 unspecified atom stereocenters. The highest BCUT2D eigenvalue weighted by atomic mass is 16.1. The topological polar surface area (TPSA) is 71.0 Å². The molecule has 1 N–H and O–H groups in total. The summed E-state index contributed by atoms with van der Waals surface area (Å²) in [7, 11) is 0. The number of benzene rings is 1. The summed E-state index contributed by atoms with van der Waals surface area (Å²) in [5.74, 6) is 0.253. The number of aromatic nitrogens is 3. The van der Waals surface area contributed by atoms with Gasteiger partial charge >= 0.3 is 0 Å². The smallest absolute Gasteiger partial charge is 0.270 e. The number of nitrogens with one attached hydrogen (secondary N) is 1. The fourth-order valence-electron chi connectivity index (χ4n) is 2.60. The molecular formula is C20H21N5O. The third kappa shape index (κ3) is 4.22. The lowest BCUT2D eigenvalue weighted by molar-refractivity contribution is 0.0945. The first-order valence-electron chi connectivity index (χ1n) is 8.52. The lowest BCUT2D eigenvalue weighted by Crippen LogP contribution is -2.26. The monoisotopic (exact) mass is 347 g/mol. The quantitative estimate of drug-likeness (QED) is 0.741. The molecule has 0 saturated carbocycles. The van der Waals surface area contributed by atoms with Crippen molar-refractivity contribution in [1.82, 2.24) is 20.3 Å². The summed E-state index contributed by atoms with van der Waals surface area (Å²) in [6, 6.07) is 15.3. The van der Waals surface area contributed by atoms with Gasteiger partial charge < -0.3 is 10.2 Å². The zero-order chi connectivity index (χ0) is 18.4. The van der Waals surface area contributed by atoms with Crippen LogP contribution in [0.2, 0.25) is 0 Å². The Hall–Kier alpha value is -3.28. The molecule has 6 heteroatoms. The molecule has 0 saturated heterocycles. The second kappa shape index (κ2) is 8.20. The van der Waals surface area contributed by atoms with Crippen LogP contribution in [0.1, 0.15) is 28.7 Å². The van der Waals surface area contributed by atoms with Gasteiger partial charge in [0.1, 0.15) is 5.69 Å². The average Bonchev–Trinajstić information content (AvgIpc) is 2.68. The first-order valence-corrected chi connectivity index (χ1v) is 8.52. The molecule has 0 aliphatic heterocycles. The van der Waals surface area contributed by atoms with Crippen molar-refractivity contribution in [3.63, 3.8) is 0 Å². The SMILES string of the molecule is CCN(c1cccc(C)c1)c1nccc(C(=O)NCc2ccccn2)n1. The van der Waals surface area contributed by atoms with Crippen molar-refractivity contribution in [2.45, 2.75) is 20.4 Å². The number of carbonyl (C=O) groups excluding carboxylic acids is 1. The zero-order valence-corrected chi connectivity index (χ0v) is 14.9. The number of aryl methyl sites for hydroxylation is 1. The van der Waals surface area contributed by atoms with Crippen molar-refractivity contribution in [3.8, 4) is 0 Å². The number of hydrogen-bond donors (Lipinski definition) is 1. The second-order valence-electron chi connectivity index (χ2n) is 5.83. The Morgan fingerprint density at radius 2 is 1.96 bits per heavy atom. The molecule has 0 bridgehead atoms. The van der Waals surface area contributed by atoms with Crippen LogP contribution in [0.4, 0.5) is 11.6 Å². The van der Waals surface area contributed by atoms with Crippen LogP contribution in [0, 0.1) is 6.92 Å². The minimum atomic E-state index is -0.250. The molecule has 1 aromatic carbocycles. The zero-order valence-electron chi connectivity index (χ0n) is 14.9. The Morgan fingerprint density at radius 1 is 1.08 bits per heavy atom. The highest BCUT2D eigenvalue weighted by Gasteiger charge is 2.14. The standard InChI is InChI=1S/C20H21N5O/c1-3-25(17-9-6-7-15(2)13-17)20-22-12-10-18(24-20)19(26)23-14-16-8-4-5-11-21-16/h4-13H,3,14H2,1-2H3,(H,23,26). The molecule has 0 aliphatic rings. The third-order valence-corrected chi connectivity index (χ3v) is 3.90. The van der Waals surface area contributed by atoms with Crippen LogP contribution in [0.3, 0.4) is 0 Å². The van der Waals surface area contributed by atoms with Crippen molar-refractivity contribution in [1.29, 1.82) is 0 Å². The summed E-state index contributed by atoms with van der Waals surface area (Å²) in [5.41, 5.74) is 3.28. The fourth-order valence-corrected chi connectivity index (χ4v) is 2.60. The summed E-state index contributed by atoms with van der Waals surface area (Å²) in [6.07, 6.45) is 3.31. The molecule has 26 heavy (non-hydrogen) atoms. The number of pyridine rings is 1. The van der Waals surface area contributed by atoms with E-state index in [1.807, 2.05) is 55.1 Å². The van der Waals surface area contributed by atoms with Gasteiger partial charge in [0.25, 0.3) is 5.91 Å². The molecule has 0 spiro atoms. The average molecular weight is 347 g/mol. The van der Waals surface area contributed by atoms with E-state index in [0.29, 0.717) is 24.7 Å². The summed E-state index contributed by atoms with van der Waals surface area (Å²) in [6.45, 7) is 5.12. The number of amides is 1. The first kappa shape index (κ1) is 17.5. The van der Waals surface area contributed by atoms with Gasteiger partial charge in [0.15, 0.2) is 0 Å². The van der Waals surface area contributed by atoms with Gasteiger partial charge in [-0.25, -0.2) is 9.97 Å². The molecule has 1 amide bonds. The van der Waals surface area contributed by atoms with Crippen LogP contribution >= 0.6 is 0 Å². The molecule has 3 aromatic rings. The number of carbonyl (C=O) groups is 1. The molecule has 6 nitrogen and oxygen atoms in total. The van der Waals surface area contributed by atoms with Gasteiger partial charge in [-0.2, -0.15) is 0 Å². The van der Waals surface area contributed by atoms with E-state index in [0.717, 1.165) is 16.9 Å². The maximum Gasteiger partial charge on any atom is 0.270 e. The van der Waals surface area contributed by atoms with E-state index in [2.05, 4.69) is 26.3 Å². The Bertz CT molecular complexity index is 882. The molecule has 0 atom stereocenters. The van der Waals surface area contributed by atoms with Crippen LogP contribution in [0.15, 0.2) is 60.9 Å². The van der Waals surface area contributed by atoms with Gasteiger partial charge in [-0.1, -0.05) is 18.2 Å². The molecule has 3 rings (SSSR count). The van der Waals surface area contributed by atoms with Crippen molar-refractivity contribution in [2.75, 3.05) is 11.4 Å². The molecule has 132 valence electrons. The minimum Gasteiger partial charge on any atom is -0.345 e. The van der Waals surface area contributed by atoms with E-state index < -0.39 is 0 Å². The maximum absolute atomic E-state index is 12.4. The number of anilines is 2. The highest BCUT2D eigenvalue weighted by Crippen LogP contribution is 2.22. The largest absolute Gasteiger partial charge is 0.345 e. The van der Waals surface area contributed by atoms with E-state index in [1.54, 1.807) is 18.5 Å². The van der Waals surface area contributed by atoms with Crippen molar-refractivity contribution in [3.05, 3.63) is 77.9 Å². The van der Waals surface area contributed by atoms with Gasteiger partial charge in [0, 0.05) is 24.6 Å². The molecule has 0 radical (unpaired) electrons. The second-order valence-corrected chi connectivity index (χ2v) is 5.83. The Balaban J connectivity index is 1.77. The van der Waals surface area contributed by atoms with E-state index >= 15 is 0 Å². The predicted molar refractivity (Wildman–Crippen MR) is 101 cm³/mol. The summed E-state index contributed by atoms with van der Waals surface area (Å²) in [4.78, 5) is 27.4. The van der Waals surface area contributed by atoms with Crippen molar-refractivity contribution >= 4 is 17.5 Å².